The van der Waals surface area contributed by atoms with Crippen molar-refractivity contribution in [2.45, 2.75) is 26.3 Å². The van der Waals surface area contributed by atoms with Crippen molar-refractivity contribution >= 4 is 17.2 Å². The van der Waals surface area contributed by atoms with Crippen LogP contribution in [-0.4, -0.2) is 47.9 Å². The van der Waals surface area contributed by atoms with Crippen LogP contribution in [0.1, 0.15) is 34.7 Å². The van der Waals surface area contributed by atoms with Gasteiger partial charge in [0.1, 0.15) is 17.3 Å². The maximum absolute atomic E-state index is 12.6. The molecule has 0 radical (unpaired) electrons. The number of carbonyl (C=O) groups is 1. The smallest absolute Gasteiger partial charge is 0.253 e. The molecule has 152 valence electrons. The second-order valence-corrected chi connectivity index (χ2v) is 8.33. The van der Waals surface area contributed by atoms with Gasteiger partial charge in [-0.05, 0) is 62.1 Å². The molecule has 0 atom stereocenters. The molecule has 0 bridgehead atoms. The molecule has 2 fully saturated rings. The highest BCUT2D eigenvalue weighted by Gasteiger charge is 2.27. The predicted molar refractivity (Wildman–Crippen MR) is 113 cm³/mol. The van der Waals surface area contributed by atoms with Crippen LogP contribution in [0.4, 0.5) is 5.82 Å². The summed E-state index contributed by atoms with van der Waals surface area (Å²) in [4.78, 5) is 17.7. The van der Waals surface area contributed by atoms with Gasteiger partial charge in [0.25, 0.3) is 5.91 Å². The number of furan rings is 1. The van der Waals surface area contributed by atoms with Gasteiger partial charge in [-0.2, -0.15) is 0 Å². The van der Waals surface area contributed by atoms with E-state index >= 15 is 0 Å². The zero-order valence-electron chi connectivity index (χ0n) is 16.9. The Bertz CT molecular complexity index is 1010. The highest BCUT2D eigenvalue weighted by molar-refractivity contribution is 5.94. The number of carbonyl (C=O) groups excluding carboxylic acids is 1. The number of anilines is 1. The third-order valence-electron chi connectivity index (χ3n) is 6.02. The fourth-order valence-corrected chi connectivity index (χ4v) is 4.15. The number of pyridine rings is 1. The molecular formula is C23H28N4O2. The van der Waals surface area contributed by atoms with Crippen molar-refractivity contribution in [1.82, 2.24) is 14.6 Å². The number of piperazine rings is 1. The van der Waals surface area contributed by atoms with Gasteiger partial charge in [0.2, 0.25) is 0 Å². The summed E-state index contributed by atoms with van der Waals surface area (Å²) in [6.45, 7) is 7.87. The normalized spacial score (nSPS) is 17.8. The summed E-state index contributed by atoms with van der Waals surface area (Å²) < 4.78 is 7.67. The van der Waals surface area contributed by atoms with Gasteiger partial charge in [-0.1, -0.05) is 0 Å². The number of aromatic nitrogens is 1. The van der Waals surface area contributed by atoms with Crippen molar-refractivity contribution in [3.8, 4) is 0 Å². The van der Waals surface area contributed by atoms with E-state index in [-0.39, 0.29) is 5.91 Å². The van der Waals surface area contributed by atoms with E-state index in [1.807, 2.05) is 37.4 Å². The van der Waals surface area contributed by atoms with Crippen molar-refractivity contribution in [3.63, 3.8) is 0 Å². The Kier molecular flexibility index (Phi) is 4.79. The largest absolute Gasteiger partial charge is 0.465 e. The van der Waals surface area contributed by atoms with E-state index < -0.39 is 0 Å². The van der Waals surface area contributed by atoms with Crippen molar-refractivity contribution in [3.05, 3.63) is 59.7 Å². The molecule has 1 aliphatic heterocycles. The molecule has 1 saturated carbocycles. The van der Waals surface area contributed by atoms with E-state index in [0.717, 1.165) is 49.1 Å². The van der Waals surface area contributed by atoms with Gasteiger partial charge in [0.05, 0.1) is 12.1 Å². The molecule has 0 aromatic carbocycles. The summed E-state index contributed by atoms with van der Waals surface area (Å²) in [5.74, 6) is 3.65. The maximum Gasteiger partial charge on any atom is 0.253 e. The Morgan fingerprint density at radius 2 is 1.86 bits per heavy atom. The summed E-state index contributed by atoms with van der Waals surface area (Å²) in [6.07, 6.45) is 4.77. The molecule has 2 aliphatic rings. The predicted octanol–water partition coefficient (Wildman–Crippen LogP) is 3.30. The molecule has 6 heteroatoms. The minimum atomic E-state index is -0.0881. The first-order valence-corrected chi connectivity index (χ1v) is 10.6. The average Bonchev–Trinajstić information content (AvgIpc) is 3.29. The number of fused-ring (bicyclic) bond motifs is 1. The second kappa shape index (κ2) is 7.59. The Morgan fingerprint density at radius 1 is 1.07 bits per heavy atom. The Hall–Kier alpha value is -2.73. The molecule has 0 unspecified atom stereocenters. The molecule has 6 nitrogen and oxygen atoms in total. The van der Waals surface area contributed by atoms with Gasteiger partial charge in [0.15, 0.2) is 0 Å². The number of nitrogens with one attached hydrogen (secondary N) is 1. The molecular weight excluding hydrogens is 364 g/mol. The lowest BCUT2D eigenvalue weighted by atomic mass is 10.2. The van der Waals surface area contributed by atoms with Crippen LogP contribution in [0.3, 0.4) is 0 Å². The molecule has 5 rings (SSSR count). The zero-order valence-corrected chi connectivity index (χ0v) is 16.9. The van der Waals surface area contributed by atoms with Crippen LogP contribution in [0, 0.1) is 12.8 Å². The van der Waals surface area contributed by atoms with Crippen LogP contribution < -0.4 is 10.2 Å². The molecule has 1 N–H and O–H groups in total. The van der Waals surface area contributed by atoms with Crippen molar-refractivity contribution < 1.29 is 9.21 Å². The highest BCUT2D eigenvalue weighted by Crippen LogP contribution is 2.30. The minimum Gasteiger partial charge on any atom is -0.465 e. The van der Waals surface area contributed by atoms with E-state index in [4.69, 9.17) is 4.42 Å². The lowest BCUT2D eigenvalue weighted by molar-refractivity contribution is 0.0947. The standard InChI is InChI=1S/C23H28N4O2/c1-17-2-8-21(29-17)14-24-23(28)19-5-6-20-7-9-22(27(20)16-19)26-12-10-25(11-13-26)15-18-3-4-18/h2,5-9,16,18H,3-4,10-15H2,1H3,(H,24,28). The molecule has 0 spiro atoms. The van der Waals surface area contributed by atoms with Crippen molar-refractivity contribution in [1.29, 1.82) is 0 Å². The van der Waals surface area contributed by atoms with Crippen LogP contribution in [0.25, 0.3) is 5.52 Å². The first-order chi connectivity index (χ1) is 14.2. The Labute approximate surface area is 171 Å². The minimum absolute atomic E-state index is 0.0881. The van der Waals surface area contributed by atoms with E-state index in [1.165, 1.54) is 25.2 Å². The monoisotopic (exact) mass is 392 g/mol. The van der Waals surface area contributed by atoms with Crippen LogP contribution in [0.15, 0.2) is 47.0 Å². The Morgan fingerprint density at radius 3 is 2.59 bits per heavy atom. The van der Waals surface area contributed by atoms with E-state index in [0.29, 0.717) is 12.1 Å². The molecule has 1 aliphatic carbocycles. The molecule has 1 amide bonds. The van der Waals surface area contributed by atoms with E-state index in [2.05, 4.69) is 31.7 Å². The van der Waals surface area contributed by atoms with Crippen LogP contribution in [0.2, 0.25) is 0 Å². The van der Waals surface area contributed by atoms with Crippen molar-refractivity contribution in [2.24, 2.45) is 5.92 Å². The number of hydrogen-bond acceptors (Lipinski definition) is 4. The van der Waals surface area contributed by atoms with E-state index in [1.54, 1.807) is 0 Å². The molecule has 1 saturated heterocycles. The SMILES string of the molecule is Cc1ccc(CNC(=O)c2ccc3ccc(N4CCN(CC5CC5)CC4)n3c2)o1. The zero-order chi connectivity index (χ0) is 19.8. The van der Waals surface area contributed by atoms with Gasteiger partial charge in [-0.15, -0.1) is 0 Å². The first-order valence-electron chi connectivity index (χ1n) is 10.6. The quantitative estimate of drug-likeness (QED) is 0.699. The van der Waals surface area contributed by atoms with Crippen LogP contribution >= 0.6 is 0 Å². The summed E-state index contributed by atoms with van der Waals surface area (Å²) in [5.41, 5.74) is 1.77. The summed E-state index contributed by atoms with van der Waals surface area (Å²) in [7, 11) is 0. The van der Waals surface area contributed by atoms with Crippen molar-refractivity contribution in [2.75, 3.05) is 37.6 Å². The van der Waals surface area contributed by atoms with Crippen LogP contribution in [-0.2, 0) is 6.54 Å². The third-order valence-corrected chi connectivity index (χ3v) is 6.02. The highest BCUT2D eigenvalue weighted by atomic mass is 16.3. The van der Waals surface area contributed by atoms with Gasteiger partial charge >= 0.3 is 0 Å². The van der Waals surface area contributed by atoms with Crippen LogP contribution in [0.5, 0.6) is 0 Å². The Balaban J connectivity index is 1.27. The number of hydrogen-bond donors (Lipinski definition) is 1. The van der Waals surface area contributed by atoms with Gasteiger partial charge in [-0.3, -0.25) is 9.69 Å². The summed E-state index contributed by atoms with van der Waals surface area (Å²) in [5, 5.41) is 2.95. The van der Waals surface area contributed by atoms with Gasteiger partial charge in [0, 0.05) is 44.4 Å². The molecule has 3 aromatic rings. The summed E-state index contributed by atoms with van der Waals surface area (Å²) in [6, 6.07) is 12.0. The number of nitrogens with zero attached hydrogens (tertiary/aromatic N) is 3. The molecule has 3 aromatic heterocycles. The van der Waals surface area contributed by atoms with Gasteiger partial charge in [-0.25, -0.2) is 0 Å². The summed E-state index contributed by atoms with van der Waals surface area (Å²) >= 11 is 0. The van der Waals surface area contributed by atoms with Gasteiger partial charge < -0.3 is 19.0 Å². The number of amides is 1. The number of rotatable bonds is 6. The lowest BCUT2D eigenvalue weighted by Crippen LogP contribution is -2.47. The lowest BCUT2D eigenvalue weighted by Gasteiger charge is -2.35. The fourth-order valence-electron chi connectivity index (χ4n) is 4.15. The first kappa shape index (κ1) is 18.3. The maximum atomic E-state index is 12.6. The van der Waals surface area contributed by atoms with E-state index in [9.17, 15) is 4.79 Å². The number of aryl methyl sites for hydroxylation is 1. The molecule has 4 heterocycles. The molecule has 29 heavy (non-hydrogen) atoms. The topological polar surface area (TPSA) is 53.1 Å². The fraction of sp³-hybridized carbons (Fsp3) is 0.435. The third kappa shape index (κ3) is 4.03. The second-order valence-electron chi connectivity index (χ2n) is 8.33. The average molecular weight is 393 g/mol.